The van der Waals surface area contributed by atoms with Crippen molar-refractivity contribution in [2.45, 2.75) is 78.6 Å². The van der Waals surface area contributed by atoms with Crippen LogP contribution in [-0.2, 0) is 28.8 Å². The quantitative estimate of drug-likeness (QED) is 0.111. The Kier molecular flexibility index (Phi) is 35.3. The summed E-state index contributed by atoms with van der Waals surface area (Å²) in [5.74, 6) is -8.80. The van der Waals surface area contributed by atoms with E-state index in [1.807, 2.05) is 20.8 Å². The van der Waals surface area contributed by atoms with Gasteiger partial charge in [-0.2, -0.15) is 0 Å². The number of rotatable bonds is 15. The van der Waals surface area contributed by atoms with E-state index < -0.39 is 35.8 Å². The number of carboxylic acid groups (broad SMARTS) is 6. The maximum atomic E-state index is 10.3. The van der Waals surface area contributed by atoms with Crippen LogP contribution in [0.3, 0.4) is 0 Å². The second-order valence-electron chi connectivity index (χ2n) is 7.14. The van der Waals surface area contributed by atoms with Crippen molar-refractivity contribution < 1.29 is 59.4 Å². The Bertz CT molecular complexity index is 736. The number of aliphatic carboxylic acids is 6. The second-order valence-corrected chi connectivity index (χ2v) is 7.14. The van der Waals surface area contributed by atoms with Gasteiger partial charge in [0.05, 0.1) is 35.8 Å². The van der Waals surface area contributed by atoms with E-state index in [1.54, 1.807) is 0 Å². The SMILES string of the molecule is CCCC/C(=C/C(=O)[O-])C(=O)[O-].CCCC/C(=C/C(=O)[O-])C(=O)[O-].CCCC/C(=C/C(=O)[O-])C(=O)[O-].[Bi+3].[Bi+3]. The van der Waals surface area contributed by atoms with Gasteiger partial charge < -0.3 is 59.4 Å². The van der Waals surface area contributed by atoms with Crippen molar-refractivity contribution in [2.75, 3.05) is 0 Å². The van der Waals surface area contributed by atoms with Gasteiger partial charge in [0.15, 0.2) is 0 Å². The number of unbranched alkanes of at least 4 members (excludes halogenated alkanes) is 3. The molecule has 0 amide bonds. The molecule has 0 saturated heterocycles. The molecule has 0 spiro atoms. The molecule has 0 fully saturated rings. The van der Waals surface area contributed by atoms with Crippen molar-refractivity contribution >= 4 is 88.2 Å². The summed E-state index contributed by atoms with van der Waals surface area (Å²) < 4.78 is 0. The first-order chi connectivity index (χ1) is 16.7. The third-order valence-electron chi connectivity index (χ3n) is 4.06. The first kappa shape index (κ1) is 45.7. The predicted molar refractivity (Wildman–Crippen MR) is 124 cm³/mol. The summed E-state index contributed by atoms with van der Waals surface area (Å²) in [5, 5.41) is 60.8. The molecule has 0 atom stereocenters. The topological polar surface area (TPSA) is 241 Å². The maximum Gasteiger partial charge on any atom is 3.00 e. The molecule has 0 aromatic carbocycles. The predicted octanol–water partition coefficient (Wildman–Crippen LogP) is -4.95. The molecule has 0 aliphatic heterocycles. The van der Waals surface area contributed by atoms with Gasteiger partial charge in [-0.25, -0.2) is 0 Å². The number of carboxylic acids is 6. The van der Waals surface area contributed by atoms with E-state index in [0.717, 1.165) is 19.3 Å². The van der Waals surface area contributed by atoms with Crippen LogP contribution in [0.2, 0.25) is 0 Å². The van der Waals surface area contributed by atoms with Crippen LogP contribution in [0.15, 0.2) is 34.9 Å². The van der Waals surface area contributed by atoms with Gasteiger partial charge in [0, 0.05) is 0 Å². The van der Waals surface area contributed by atoms with Crippen LogP contribution in [-0.4, -0.2) is 88.2 Å². The molecule has 0 bridgehead atoms. The summed E-state index contributed by atoms with van der Waals surface area (Å²) in [6.45, 7) is 5.64. The third-order valence-corrected chi connectivity index (χ3v) is 4.06. The van der Waals surface area contributed by atoms with Gasteiger partial charge in [-0.1, -0.05) is 40.0 Å². The summed E-state index contributed by atoms with van der Waals surface area (Å²) in [7, 11) is 0. The molecule has 0 heterocycles. The van der Waals surface area contributed by atoms with Gasteiger partial charge in [0.25, 0.3) is 0 Å². The molecule has 14 heteroatoms. The molecule has 0 aliphatic rings. The molecule has 38 heavy (non-hydrogen) atoms. The molecule has 0 aliphatic carbocycles. The molecule has 0 aromatic heterocycles. The van der Waals surface area contributed by atoms with Crippen LogP contribution in [0.25, 0.3) is 0 Å². The molecule has 0 saturated carbocycles. The number of hydrogen-bond acceptors (Lipinski definition) is 12. The van der Waals surface area contributed by atoms with E-state index in [1.165, 1.54) is 0 Å². The molecular formula is C24H30Bi2O12. The van der Waals surface area contributed by atoms with Crippen LogP contribution >= 0.6 is 0 Å². The van der Waals surface area contributed by atoms with E-state index in [4.69, 9.17) is 0 Å². The average molecular weight is 928 g/mol. The Labute approximate surface area is 259 Å². The number of carbonyl (C=O) groups excluding carboxylic acids is 6. The molecule has 0 N–H and O–H groups in total. The monoisotopic (exact) mass is 928 g/mol. The van der Waals surface area contributed by atoms with E-state index in [9.17, 15) is 59.4 Å². The van der Waals surface area contributed by atoms with Crippen molar-refractivity contribution in [3.8, 4) is 0 Å². The molecule has 12 nitrogen and oxygen atoms in total. The Hall–Kier alpha value is -2.19. The second kappa shape index (κ2) is 29.4. The molecule has 4 radical (unpaired) electrons. The smallest absolute Gasteiger partial charge is 0.545 e. The van der Waals surface area contributed by atoms with Crippen molar-refractivity contribution in [3.05, 3.63) is 34.9 Å². The van der Waals surface area contributed by atoms with Crippen LogP contribution < -0.4 is 30.6 Å². The van der Waals surface area contributed by atoms with Gasteiger partial charge in [0.1, 0.15) is 0 Å². The van der Waals surface area contributed by atoms with Gasteiger partial charge in [-0.3, -0.25) is 0 Å². The van der Waals surface area contributed by atoms with Crippen molar-refractivity contribution in [3.63, 3.8) is 0 Å². The first-order valence-electron chi connectivity index (χ1n) is 11.1. The van der Waals surface area contributed by atoms with Crippen LogP contribution in [0.5, 0.6) is 0 Å². The van der Waals surface area contributed by atoms with Crippen molar-refractivity contribution in [1.82, 2.24) is 0 Å². The minimum Gasteiger partial charge on any atom is -0.545 e. The van der Waals surface area contributed by atoms with E-state index in [0.29, 0.717) is 37.5 Å². The Balaban J connectivity index is -0.000000140. The zero-order valence-corrected chi connectivity index (χ0v) is 28.3. The van der Waals surface area contributed by atoms with Crippen LogP contribution in [0, 0.1) is 0 Å². The van der Waals surface area contributed by atoms with Crippen molar-refractivity contribution in [2.24, 2.45) is 0 Å². The first-order valence-corrected chi connectivity index (χ1v) is 11.1. The van der Waals surface area contributed by atoms with Gasteiger partial charge in [-0.15, -0.1) is 0 Å². The largest absolute Gasteiger partial charge is 3.00 e. The summed E-state index contributed by atoms with van der Waals surface area (Å²) in [5.41, 5.74) is -0.634. The summed E-state index contributed by atoms with van der Waals surface area (Å²) in [6, 6.07) is 0. The fraction of sp³-hybridized carbons (Fsp3) is 0.500. The fourth-order valence-electron chi connectivity index (χ4n) is 2.23. The Morgan fingerprint density at radius 3 is 0.737 bits per heavy atom. The number of carbonyl (C=O) groups is 6. The Morgan fingerprint density at radius 1 is 0.447 bits per heavy atom. The molecule has 0 rings (SSSR count). The van der Waals surface area contributed by atoms with Gasteiger partial charge in [-0.05, 0) is 73.5 Å². The normalized spacial score (nSPS) is 10.7. The van der Waals surface area contributed by atoms with Gasteiger partial charge >= 0.3 is 52.4 Å². The number of hydrogen-bond donors (Lipinski definition) is 0. The molecule has 0 aromatic rings. The van der Waals surface area contributed by atoms with Gasteiger partial charge in [0.2, 0.25) is 0 Å². The van der Waals surface area contributed by atoms with E-state index in [2.05, 4.69) is 0 Å². The summed E-state index contributed by atoms with van der Waals surface area (Å²) in [4.78, 5) is 60.8. The molecular weight excluding hydrogens is 898 g/mol. The Morgan fingerprint density at radius 2 is 0.632 bits per heavy atom. The van der Waals surface area contributed by atoms with E-state index in [-0.39, 0.29) is 88.4 Å². The zero-order chi connectivity index (χ0) is 28.7. The third kappa shape index (κ3) is 31.8. The minimum atomic E-state index is -1.50. The maximum absolute atomic E-state index is 10.3. The standard InChI is InChI=1S/3C8H12O4.2Bi/c3*1-2-3-4-6(8(11)12)5-7(9)10;;/h3*5H,2-4H2,1H3,(H,9,10)(H,11,12);;/q;;;2*+3/p-6/b3*6-5-;;. The summed E-state index contributed by atoms with van der Waals surface area (Å²) >= 11 is 0. The molecule has 0 unspecified atom stereocenters. The average Bonchev–Trinajstić information content (AvgIpc) is 2.76. The molecule has 208 valence electrons. The fourth-order valence-corrected chi connectivity index (χ4v) is 2.23. The van der Waals surface area contributed by atoms with Crippen LogP contribution in [0.4, 0.5) is 0 Å². The van der Waals surface area contributed by atoms with Crippen molar-refractivity contribution in [1.29, 1.82) is 0 Å². The van der Waals surface area contributed by atoms with Crippen LogP contribution in [0.1, 0.15) is 78.6 Å². The summed E-state index contributed by atoms with van der Waals surface area (Å²) in [6.07, 6.45) is 6.67. The zero-order valence-electron chi connectivity index (χ0n) is 21.4. The minimum absolute atomic E-state index is 0. The van der Waals surface area contributed by atoms with E-state index >= 15 is 0 Å².